The van der Waals surface area contributed by atoms with Crippen LogP contribution in [-0.2, 0) is 4.74 Å². The van der Waals surface area contributed by atoms with Crippen LogP contribution in [0.25, 0.3) is 0 Å². The Hall–Kier alpha value is -0.120. The summed E-state index contributed by atoms with van der Waals surface area (Å²) in [6.07, 6.45) is 4.48. The van der Waals surface area contributed by atoms with Crippen LogP contribution in [0.4, 0.5) is 0 Å². The zero-order chi connectivity index (χ0) is 13.4. The van der Waals surface area contributed by atoms with Crippen molar-refractivity contribution in [1.82, 2.24) is 10.2 Å². The summed E-state index contributed by atoms with van der Waals surface area (Å²) in [4.78, 5) is 2.45. The molecule has 0 aromatic rings. The second kappa shape index (κ2) is 8.89. The molecule has 0 aliphatic heterocycles. The molecule has 3 heteroatoms. The molecule has 3 nitrogen and oxygen atoms in total. The summed E-state index contributed by atoms with van der Waals surface area (Å²) in [6.45, 7) is 12.1. The molecule has 1 fully saturated rings. The van der Waals surface area contributed by atoms with Gasteiger partial charge in [-0.05, 0) is 58.2 Å². The number of ether oxygens (including phenoxy) is 1. The molecule has 0 aromatic carbocycles. The normalized spacial score (nSPS) is 23.7. The molecule has 0 spiro atoms. The second-order valence-corrected chi connectivity index (χ2v) is 6.10. The monoisotopic (exact) mass is 256 g/mol. The van der Waals surface area contributed by atoms with Gasteiger partial charge in [0.25, 0.3) is 0 Å². The number of nitrogens with zero attached hydrogens (tertiary/aromatic N) is 1. The van der Waals surface area contributed by atoms with Gasteiger partial charge in [-0.15, -0.1) is 0 Å². The molecular formula is C15H32N2O. The second-order valence-electron chi connectivity index (χ2n) is 6.10. The third-order valence-electron chi connectivity index (χ3n) is 3.74. The molecule has 108 valence electrons. The van der Waals surface area contributed by atoms with Crippen molar-refractivity contribution in [3.63, 3.8) is 0 Å². The maximum Gasteiger partial charge on any atom is 0.0580 e. The summed E-state index contributed by atoms with van der Waals surface area (Å²) in [5, 5.41) is 3.49. The largest absolute Gasteiger partial charge is 0.378 e. The average molecular weight is 256 g/mol. The third-order valence-corrected chi connectivity index (χ3v) is 3.74. The quantitative estimate of drug-likeness (QED) is 0.607. The molecule has 18 heavy (non-hydrogen) atoms. The Balaban J connectivity index is 1.90. The minimum atomic E-state index is 0.568. The van der Waals surface area contributed by atoms with Gasteiger partial charge in [-0.3, -0.25) is 0 Å². The highest BCUT2D eigenvalue weighted by Crippen LogP contribution is 2.32. The van der Waals surface area contributed by atoms with Crippen molar-refractivity contribution >= 4 is 0 Å². The summed E-state index contributed by atoms with van der Waals surface area (Å²) >= 11 is 0. The number of likely N-dealkylation sites (N-methyl/N-ethyl adjacent to an activating group) is 1. The van der Waals surface area contributed by atoms with Crippen LogP contribution < -0.4 is 5.32 Å². The molecule has 0 saturated heterocycles. The van der Waals surface area contributed by atoms with E-state index in [0.717, 1.165) is 38.1 Å². The topological polar surface area (TPSA) is 24.5 Å². The lowest BCUT2D eigenvalue weighted by molar-refractivity contribution is -0.0282. The molecule has 0 radical (unpaired) electrons. The van der Waals surface area contributed by atoms with Crippen molar-refractivity contribution in [1.29, 1.82) is 0 Å². The maximum atomic E-state index is 5.59. The van der Waals surface area contributed by atoms with Gasteiger partial charge >= 0.3 is 0 Å². The van der Waals surface area contributed by atoms with Gasteiger partial charge in [-0.1, -0.05) is 13.8 Å². The first-order chi connectivity index (χ1) is 8.61. The van der Waals surface area contributed by atoms with Crippen LogP contribution in [0.1, 0.15) is 40.0 Å². The fourth-order valence-electron chi connectivity index (χ4n) is 2.46. The number of rotatable bonds is 10. The Kier molecular flexibility index (Phi) is 7.87. The Morgan fingerprint density at radius 1 is 1.28 bits per heavy atom. The van der Waals surface area contributed by atoms with Gasteiger partial charge in [-0.25, -0.2) is 0 Å². The Bertz CT molecular complexity index is 203. The third kappa shape index (κ3) is 6.72. The highest BCUT2D eigenvalue weighted by atomic mass is 16.5. The average Bonchev–Trinajstić information content (AvgIpc) is 2.27. The van der Waals surface area contributed by atoms with Gasteiger partial charge in [0.2, 0.25) is 0 Å². The maximum absolute atomic E-state index is 5.59. The van der Waals surface area contributed by atoms with Crippen LogP contribution in [0.3, 0.4) is 0 Å². The molecule has 0 bridgehead atoms. The minimum Gasteiger partial charge on any atom is -0.378 e. The van der Waals surface area contributed by atoms with Crippen LogP contribution in [0.5, 0.6) is 0 Å². The first-order valence-corrected chi connectivity index (χ1v) is 7.62. The molecule has 0 heterocycles. The van der Waals surface area contributed by atoms with Crippen molar-refractivity contribution in [2.75, 3.05) is 39.8 Å². The first kappa shape index (κ1) is 15.9. The summed E-state index contributed by atoms with van der Waals surface area (Å²) in [5.41, 5.74) is 0. The Morgan fingerprint density at radius 3 is 2.61 bits per heavy atom. The zero-order valence-electron chi connectivity index (χ0n) is 12.7. The van der Waals surface area contributed by atoms with E-state index in [1.807, 2.05) is 0 Å². The smallest absolute Gasteiger partial charge is 0.0580 e. The summed E-state index contributed by atoms with van der Waals surface area (Å²) < 4.78 is 5.59. The van der Waals surface area contributed by atoms with Crippen LogP contribution in [0.2, 0.25) is 0 Å². The highest BCUT2D eigenvalue weighted by Gasteiger charge is 2.28. The molecule has 1 saturated carbocycles. The number of nitrogens with one attached hydrogen (secondary N) is 1. The lowest BCUT2D eigenvalue weighted by Crippen LogP contribution is -2.36. The SMILES string of the molecule is CCOC1CC(CCN(C)CCNCC(C)C)C1. The van der Waals surface area contributed by atoms with E-state index in [0.29, 0.717) is 6.10 Å². The fourth-order valence-corrected chi connectivity index (χ4v) is 2.46. The Labute approximate surface area is 113 Å². The predicted molar refractivity (Wildman–Crippen MR) is 78.0 cm³/mol. The molecule has 1 aliphatic carbocycles. The number of hydrogen-bond acceptors (Lipinski definition) is 3. The first-order valence-electron chi connectivity index (χ1n) is 7.62. The predicted octanol–water partition coefficient (Wildman–Crippen LogP) is 2.37. The van der Waals surface area contributed by atoms with Gasteiger partial charge in [0.15, 0.2) is 0 Å². The van der Waals surface area contributed by atoms with Crippen molar-refractivity contribution in [3.8, 4) is 0 Å². The van der Waals surface area contributed by atoms with E-state index in [1.54, 1.807) is 0 Å². The van der Waals surface area contributed by atoms with Gasteiger partial charge in [0.05, 0.1) is 6.10 Å². The van der Waals surface area contributed by atoms with E-state index in [4.69, 9.17) is 4.74 Å². The summed E-state index contributed by atoms with van der Waals surface area (Å²) in [6, 6.07) is 0. The minimum absolute atomic E-state index is 0.568. The summed E-state index contributed by atoms with van der Waals surface area (Å²) in [7, 11) is 2.23. The van der Waals surface area contributed by atoms with Gasteiger partial charge in [0.1, 0.15) is 0 Å². The van der Waals surface area contributed by atoms with E-state index < -0.39 is 0 Å². The molecular weight excluding hydrogens is 224 g/mol. The molecule has 1 aliphatic rings. The zero-order valence-corrected chi connectivity index (χ0v) is 12.7. The van der Waals surface area contributed by atoms with E-state index in [2.05, 4.69) is 38.0 Å². The lowest BCUT2D eigenvalue weighted by atomic mass is 9.80. The van der Waals surface area contributed by atoms with Crippen LogP contribution >= 0.6 is 0 Å². The van der Waals surface area contributed by atoms with E-state index in [-0.39, 0.29) is 0 Å². The Morgan fingerprint density at radius 2 is 2.00 bits per heavy atom. The fraction of sp³-hybridized carbons (Fsp3) is 1.00. The molecule has 1 N–H and O–H groups in total. The molecule has 0 unspecified atom stereocenters. The lowest BCUT2D eigenvalue weighted by Gasteiger charge is -2.35. The molecule has 1 rings (SSSR count). The van der Waals surface area contributed by atoms with E-state index >= 15 is 0 Å². The molecule has 0 atom stereocenters. The number of hydrogen-bond donors (Lipinski definition) is 1. The standard InChI is InChI=1S/C15H32N2O/c1-5-18-15-10-14(11-15)6-8-17(4)9-7-16-12-13(2)3/h13-16H,5-12H2,1-4H3. The van der Waals surface area contributed by atoms with Crippen molar-refractivity contribution in [2.45, 2.75) is 46.1 Å². The van der Waals surface area contributed by atoms with Crippen LogP contribution in [0.15, 0.2) is 0 Å². The van der Waals surface area contributed by atoms with Crippen molar-refractivity contribution < 1.29 is 4.74 Å². The van der Waals surface area contributed by atoms with Crippen LogP contribution in [-0.4, -0.2) is 50.8 Å². The van der Waals surface area contributed by atoms with Crippen molar-refractivity contribution in [3.05, 3.63) is 0 Å². The van der Waals surface area contributed by atoms with Crippen LogP contribution in [0, 0.1) is 11.8 Å². The van der Waals surface area contributed by atoms with E-state index in [9.17, 15) is 0 Å². The highest BCUT2D eigenvalue weighted by molar-refractivity contribution is 4.80. The molecule has 0 amide bonds. The van der Waals surface area contributed by atoms with Gasteiger partial charge in [-0.2, -0.15) is 0 Å². The molecule has 0 aromatic heterocycles. The van der Waals surface area contributed by atoms with Crippen molar-refractivity contribution in [2.24, 2.45) is 11.8 Å². The van der Waals surface area contributed by atoms with E-state index in [1.165, 1.54) is 25.8 Å². The van der Waals surface area contributed by atoms with Gasteiger partial charge in [0, 0.05) is 19.7 Å². The van der Waals surface area contributed by atoms with Gasteiger partial charge < -0.3 is 15.0 Å². The summed E-state index contributed by atoms with van der Waals surface area (Å²) in [5.74, 6) is 1.66.